The maximum absolute atomic E-state index is 13.1. The number of rotatable bonds is 3. The van der Waals surface area contributed by atoms with Crippen LogP contribution < -0.4 is 14.4 Å². The van der Waals surface area contributed by atoms with Gasteiger partial charge in [-0.25, -0.2) is 8.42 Å². The smallest absolute Gasteiger partial charge is 0.265 e. The van der Waals surface area contributed by atoms with Gasteiger partial charge in [0.25, 0.3) is 10.0 Å². The molecule has 0 spiro atoms. The lowest BCUT2D eigenvalue weighted by molar-refractivity contribution is -0.117. The first-order valence-electron chi connectivity index (χ1n) is 7.14. The average Bonchev–Trinajstić information content (AvgIpc) is 2.55. The van der Waals surface area contributed by atoms with Gasteiger partial charge in [0.1, 0.15) is 11.8 Å². The van der Waals surface area contributed by atoms with Crippen molar-refractivity contribution in [1.82, 2.24) is 0 Å². The molecule has 1 heterocycles. The van der Waals surface area contributed by atoms with E-state index in [9.17, 15) is 13.2 Å². The Morgan fingerprint density at radius 1 is 1.21 bits per heavy atom. The van der Waals surface area contributed by atoms with Crippen LogP contribution in [0.1, 0.15) is 6.92 Å². The lowest BCUT2D eigenvalue weighted by Gasteiger charge is -2.35. The number of ether oxygens (including phenoxy) is 1. The minimum Gasteiger partial charge on any atom is -0.495 e. The van der Waals surface area contributed by atoms with Gasteiger partial charge in [0.05, 0.1) is 28.4 Å². The van der Waals surface area contributed by atoms with Crippen LogP contribution in [-0.2, 0) is 14.8 Å². The molecule has 0 unspecified atom stereocenters. The zero-order valence-corrected chi connectivity index (χ0v) is 14.6. The van der Waals surface area contributed by atoms with E-state index in [0.29, 0.717) is 17.1 Å². The number of carbonyl (C=O) groups excluding carboxylic acids is 1. The number of methoxy groups -OCH3 is 1. The van der Waals surface area contributed by atoms with Gasteiger partial charge in [0.2, 0.25) is 5.91 Å². The van der Waals surface area contributed by atoms with E-state index < -0.39 is 22.0 Å². The maximum Gasteiger partial charge on any atom is 0.265 e. The van der Waals surface area contributed by atoms with Gasteiger partial charge in [0, 0.05) is 0 Å². The third kappa shape index (κ3) is 2.59. The number of halogens is 1. The van der Waals surface area contributed by atoms with Crippen LogP contribution in [0.25, 0.3) is 0 Å². The summed E-state index contributed by atoms with van der Waals surface area (Å²) in [6.45, 7) is 1.54. The van der Waals surface area contributed by atoms with Gasteiger partial charge in [0.15, 0.2) is 0 Å². The van der Waals surface area contributed by atoms with Crippen molar-refractivity contribution in [1.29, 1.82) is 0 Å². The highest BCUT2D eigenvalue weighted by Gasteiger charge is 2.38. The number of benzene rings is 2. The molecule has 0 fully saturated rings. The van der Waals surface area contributed by atoms with E-state index in [-0.39, 0.29) is 9.92 Å². The molecule has 0 radical (unpaired) electrons. The highest BCUT2D eigenvalue weighted by Crippen LogP contribution is 2.37. The molecule has 0 saturated heterocycles. The van der Waals surface area contributed by atoms with Crippen molar-refractivity contribution in [3.63, 3.8) is 0 Å². The Bertz CT molecular complexity index is 914. The molecular weight excluding hydrogens is 352 g/mol. The van der Waals surface area contributed by atoms with Crippen molar-refractivity contribution >= 4 is 38.9 Å². The predicted octanol–water partition coefficient (Wildman–Crippen LogP) is 2.88. The van der Waals surface area contributed by atoms with Crippen molar-refractivity contribution in [2.24, 2.45) is 0 Å². The fraction of sp³-hybridized carbons (Fsp3) is 0.188. The van der Waals surface area contributed by atoms with E-state index in [0.717, 1.165) is 4.31 Å². The first-order valence-corrected chi connectivity index (χ1v) is 8.96. The SMILES string of the molecule is COc1ccc(S(=O)(=O)N2c3ccccc3NC(=O)[C@H]2C)cc1Cl. The predicted molar refractivity (Wildman–Crippen MR) is 92.2 cm³/mol. The van der Waals surface area contributed by atoms with E-state index in [2.05, 4.69) is 5.32 Å². The van der Waals surface area contributed by atoms with Crippen LogP contribution in [0.3, 0.4) is 0 Å². The molecule has 1 aliphatic heterocycles. The Labute approximate surface area is 145 Å². The highest BCUT2D eigenvalue weighted by molar-refractivity contribution is 7.93. The Hall–Kier alpha value is -2.25. The molecule has 8 heteroatoms. The van der Waals surface area contributed by atoms with Gasteiger partial charge in [-0.2, -0.15) is 0 Å². The van der Waals surface area contributed by atoms with Crippen LogP contribution in [0.4, 0.5) is 11.4 Å². The first kappa shape index (κ1) is 16.6. The van der Waals surface area contributed by atoms with Crippen molar-refractivity contribution in [3.8, 4) is 5.75 Å². The van der Waals surface area contributed by atoms with E-state index in [1.54, 1.807) is 24.3 Å². The molecule has 1 atom stereocenters. The topological polar surface area (TPSA) is 75.7 Å². The standard InChI is InChI=1S/C16H15ClN2O4S/c1-10-16(20)18-13-5-3-4-6-14(13)19(10)24(21,22)11-7-8-15(23-2)12(17)9-11/h3-10H,1-2H3,(H,18,20)/t10-/m1/s1. The van der Waals surface area contributed by atoms with Gasteiger partial charge < -0.3 is 10.1 Å². The zero-order chi connectivity index (χ0) is 17.5. The fourth-order valence-corrected chi connectivity index (χ4v) is 4.57. The molecule has 0 saturated carbocycles. The van der Waals surface area contributed by atoms with Crippen LogP contribution in [0, 0.1) is 0 Å². The van der Waals surface area contributed by atoms with E-state index in [1.807, 2.05) is 0 Å². The van der Waals surface area contributed by atoms with Gasteiger partial charge in [-0.3, -0.25) is 9.10 Å². The summed E-state index contributed by atoms with van der Waals surface area (Å²) in [4.78, 5) is 12.1. The second-order valence-corrected chi connectivity index (χ2v) is 7.50. The quantitative estimate of drug-likeness (QED) is 0.906. The molecular formula is C16H15ClN2O4S. The van der Waals surface area contributed by atoms with Crippen molar-refractivity contribution < 1.29 is 17.9 Å². The number of sulfonamides is 1. The lowest BCUT2D eigenvalue weighted by atomic mass is 10.1. The number of carbonyl (C=O) groups is 1. The molecule has 1 amide bonds. The van der Waals surface area contributed by atoms with E-state index in [1.165, 1.54) is 32.2 Å². The minimum atomic E-state index is -3.97. The van der Waals surface area contributed by atoms with Crippen molar-refractivity contribution in [2.45, 2.75) is 17.9 Å². The molecule has 3 rings (SSSR count). The molecule has 126 valence electrons. The van der Waals surface area contributed by atoms with Gasteiger partial charge in [-0.15, -0.1) is 0 Å². The summed E-state index contributed by atoms with van der Waals surface area (Å²) in [5.41, 5.74) is 0.861. The Morgan fingerprint density at radius 2 is 1.92 bits per heavy atom. The van der Waals surface area contributed by atoms with Crippen LogP contribution in [0.15, 0.2) is 47.4 Å². The van der Waals surface area contributed by atoms with Crippen LogP contribution in [0.2, 0.25) is 5.02 Å². The molecule has 6 nitrogen and oxygen atoms in total. The summed E-state index contributed by atoms with van der Waals surface area (Å²) >= 11 is 6.05. The molecule has 1 N–H and O–H groups in total. The molecule has 0 aromatic heterocycles. The zero-order valence-electron chi connectivity index (χ0n) is 13.0. The number of hydrogen-bond acceptors (Lipinski definition) is 4. The van der Waals surface area contributed by atoms with Crippen LogP contribution >= 0.6 is 11.6 Å². The number of nitrogens with zero attached hydrogens (tertiary/aromatic N) is 1. The second-order valence-electron chi connectivity index (χ2n) is 5.28. The number of hydrogen-bond donors (Lipinski definition) is 1. The van der Waals surface area contributed by atoms with Crippen LogP contribution in [-0.4, -0.2) is 27.5 Å². The molecule has 0 aliphatic carbocycles. The minimum absolute atomic E-state index is 0.00958. The number of nitrogens with one attached hydrogen (secondary N) is 1. The third-order valence-electron chi connectivity index (χ3n) is 3.81. The number of anilines is 2. The van der Waals surface area contributed by atoms with Gasteiger partial charge in [-0.05, 0) is 37.3 Å². The molecule has 0 bridgehead atoms. The van der Waals surface area contributed by atoms with Crippen LogP contribution in [0.5, 0.6) is 5.75 Å². The Kier molecular flexibility index (Phi) is 4.15. The summed E-state index contributed by atoms with van der Waals surface area (Å²) in [6, 6.07) is 10.1. The average molecular weight is 367 g/mol. The molecule has 2 aromatic carbocycles. The number of fused-ring (bicyclic) bond motifs is 1. The third-order valence-corrected chi connectivity index (χ3v) is 5.99. The maximum atomic E-state index is 13.1. The van der Waals surface area contributed by atoms with Gasteiger partial charge >= 0.3 is 0 Å². The summed E-state index contributed by atoms with van der Waals surface area (Å²) in [6.07, 6.45) is 0. The van der Waals surface area contributed by atoms with E-state index in [4.69, 9.17) is 16.3 Å². The summed E-state index contributed by atoms with van der Waals surface area (Å²) < 4.78 is 32.4. The Morgan fingerprint density at radius 3 is 2.58 bits per heavy atom. The van der Waals surface area contributed by atoms with Crippen molar-refractivity contribution in [2.75, 3.05) is 16.7 Å². The monoisotopic (exact) mass is 366 g/mol. The van der Waals surface area contributed by atoms with Gasteiger partial charge in [-0.1, -0.05) is 23.7 Å². The molecule has 2 aromatic rings. The fourth-order valence-electron chi connectivity index (χ4n) is 2.58. The normalized spacial score (nSPS) is 17.2. The molecule has 24 heavy (non-hydrogen) atoms. The largest absolute Gasteiger partial charge is 0.495 e. The summed E-state index contributed by atoms with van der Waals surface area (Å²) in [5.74, 6) is -0.0164. The number of amides is 1. The first-order chi connectivity index (χ1) is 11.4. The highest BCUT2D eigenvalue weighted by atomic mass is 35.5. The summed E-state index contributed by atoms with van der Waals surface area (Å²) in [5, 5.41) is 2.88. The Balaban J connectivity index is 2.15. The molecule has 1 aliphatic rings. The second kappa shape index (κ2) is 5.99. The lowest BCUT2D eigenvalue weighted by Crippen LogP contribution is -2.49. The van der Waals surface area contributed by atoms with Crippen molar-refractivity contribution in [3.05, 3.63) is 47.5 Å². The van der Waals surface area contributed by atoms with E-state index >= 15 is 0 Å². The summed E-state index contributed by atoms with van der Waals surface area (Å²) in [7, 11) is -2.53. The number of para-hydroxylation sites is 2.